The van der Waals surface area contributed by atoms with Crippen molar-refractivity contribution in [3.63, 3.8) is 0 Å². The average Bonchev–Trinajstić information content (AvgIpc) is 2.68. The Morgan fingerprint density at radius 1 is 1.04 bits per heavy atom. The second-order valence-electron chi connectivity index (χ2n) is 5.89. The molecule has 4 amide bonds. The Morgan fingerprint density at radius 3 is 2.43 bits per heavy atom. The van der Waals surface area contributed by atoms with Gasteiger partial charge in [0.2, 0.25) is 0 Å². The molecule has 0 atom stereocenters. The molecule has 1 fully saturated rings. The number of rotatable bonds is 6. The van der Waals surface area contributed by atoms with Gasteiger partial charge >= 0.3 is 6.03 Å². The lowest BCUT2D eigenvalue weighted by Gasteiger charge is -2.26. The molecule has 142 valence electrons. The number of benzene rings is 2. The van der Waals surface area contributed by atoms with Crippen molar-refractivity contribution in [2.75, 3.05) is 6.61 Å². The molecule has 0 saturated carbocycles. The number of ether oxygens (including phenoxy) is 1. The van der Waals surface area contributed by atoms with E-state index < -0.39 is 30.4 Å². The third kappa shape index (κ3) is 4.24. The van der Waals surface area contributed by atoms with E-state index in [0.29, 0.717) is 5.56 Å². The van der Waals surface area contributed by atoms with Crippen LogP contribution in [-0.4, -0.2) is 35.3 Å². The molecule has 3 rings (SSSR count). The minimum absolute atomic E-state index is 0.00103. The highest BCUT2D eigenvalue weighted by Gasteiger charge is 2.35. The second kappa shape index (κ2) is 8.17. The number of imide groups is 2. The number of para-hydroxylation sites is 1. The van der Waals surface area contributed by atoms with Crippen molar-refractivity contribution in [3.8, 4) is 5.75 Å². The molecule has 1 saturated heterocycles. The zero-order valence-electron chi connectivity index (χ0n) is 14.6. The molecule has 28 heavy (non-hydrogen) atoms. The Labute approximate surface area is 160 Å². The van der Waals surface area contributed by atoms with Gasteiger partial charge in [-0.15, -0.1) is 0 Å². The first-order valence-corrected chi connectivity index (χ1v) is 8.30. The summed E-state index contributed by atoms with van der Waals surface area (Å²) in [5.41, 5.74) is 0.772. The smallest absolute Gasteiger partial charge is 0.331 e. The number of hydrogen-bond acceptors (Lipinski definition) is 6. The monoisotopic (exact) mass is 379 g/mol. The van der Waals surface area contributed by atoms with E-state index in [0.717, 1.165) is 10.5 Å². The third-order valence-corrected chi connectivity index (χ3v) is 3.93. The molecule has 1 aliphatic heterocycles. The second-order valence-corrected chi connectivity index (χ2v) is 5.89. The van der Waals surface area contributed by atoms with Crippen LogP contribution < -0.4 is 15.2 Å². The predicted octanol–water partition coefficient (Wildman–Crippen LogP) is 0.477. The molecule has 1 heterocycles. The number of carbonyl (C=O) groups is 4. The summed E-state index contributed by atoms with van der Waals surface area (Å²) >= 11 is 0. The minimum Gasteiger partial charge on any atom is -0.546 e. The number of aliphatic carboxylic acids is 1. The van der Waals surface area contributed by atoms with E-state index in [4.69, 9.17) is 4.74 Å². The molecule has 8 heteroatoms. The van der Waals surface area contributed by atoms with Crippen LogP contribution in [0.4, 0.5) is 4.79 Å². The number of barbiturate groups is 1. The Bertz CT molecular complexity index is 968. The number of hydrogen-bond donors (Lipinski definition) is 1. The summed E-state index contributed by atoms with van der Waals surface area (Å²) < 4.78 is 5.12. The summed E-state index contributed by atoms with van der Waals surface area (Å²) in [5, 5.41) is 12.8. The highest BCUT2D eigenvalue weighted by atomic mass is 16.5. The highest BCUT2D eigenvalue weighted by molar-refractivity contribution is 6.31. The molecule has 0 unspecified atom stereocenters. The van der Waals surface area contributed by atoms with E-state index in [2.05, 4.69) is 5.32 Å². The maximum absolute atomic E-state index is 12.8. The Balaban J connectivity index is 1.90. The lowest BCUT2D eigenvalue weighted by atomic mass is 10.1. The van der Waals surface area contributed by atoms with Gasteiger partial charge in [-0.25, -0.2) is 4.79 Å². The maximum atomic E-state index is 12.8. The molecule has 1 N–H and O–H groups in total. The molecule has 0 radical (unpaired) electrons. The summed E-state index contributed by atoms with van der Waals surface area (Å²) in [6.07, 6.45) is 1.26. The van der Waals surface area contributed by atoms with E-state index >= 15 is 0 Å². The van der Waals surface area contributed by atoms with Crippen LogP contribution in [0.2, 0.25) is 0 Å². The van der Waals surface area contributed by atoms with Gasteiger partial charge in [0, 0.05) is 5.56 Å². The van der Waals surface area contributed by atoms with Crippen molar-refractivity contribution in [2.45, 2.75) is 6.54 Å². The molecule has 0 aliphatic carbocycles. The third-order valence-electron chi connectivity index (χ3n) is 3.93. The van der Waals surface area contributed by atoms with E-state index in [1.807, 2.05) is 0 Å². The van der Waals surface area contributed by atoms with Crippen LogP contribution in [0.5, 0.6) is 5.75 Å². The Kier molecular flexibility index (Phi) is 5.50. The van der Waals surface area contributed by atoms with Gasteiger partial charge in [0.25, 0.3) is 11.8 Å². The van der Waals surface area contributed by atoms with Gasteiger partial charge < -0.3 is 14.6 Å². The normalized spacial score (nSPS) is 15.5. The summed E-state index contributed by atoms with van der Waals surface area (Å²) in [6, 6.07) is 14.3. The van der Waals surface area contributed by atoms with E-state index in [9.17, 15) is 24.3 Å². The molecule has 1 aliphatic rings. The molecule has 0 spiro atoms. The molecular weight excluding hydrogens is 364 g/mol. The fourth-order valence-electron chi connectivity index (χ4n) is 2.63. The van der Waals surface area contributed by atoms with Crippen molar-refractivity contribution < 1.29 is 29.0 Å². The van der Waals surface area contributed by atoms with Crippen molar-refractivity contribution in [3.05, 3.63) is 71.3 Å². The van der Waals surface area contributed by atoms with E-state index in [-0.39, 0.29) is 17.9 Å². The molecule has 2 aromatic carbocycles. The van der Waals surface area contributed by atoms with Crippen LogP contribution in [0.1, 0.15) is 11.1 Å². The van der Waals surface area contributed by atoms with E-state index in [1.54, 1.807) is 48.5 Å². The van der Waals surface area contributed by atoms with Crippen LogP contribution in [0.25, 0.3) is 6.08 Å². The molecule has 0 bridgehead atoms. The lowest BCUT2D eigenvalue weighted by molar-refractivity contribution is -0.307. The number of amides is 4. The first-order chi connectivity index (χ1) is 13.5. The number of urea groups is 1. The van der Waals surface area contributed by atoms with Crippen LogP contribution in [-0.2, 0) is 20.9 Å². The van der Waals surface area contributed by atoms with Crippen LogP contribution in [0.3, 0.4) is 0 Å². The standard InChI is InChI=1S/C20H16N2O6/c23-17(24)12-28-16-9-5-4-8-14(16)10-15-18(25)21-20(27)22(19(15)26)11-13-6-2-1-3-7-13/h1-10H,11-12H2,(H,23,24)(H,21,25,27)/p-1/b15-10-. The molecule has 2 aromatic rings. The summed E-state index contributed by atoms with van der Waals surface area (Å²) in [5.74, 6) is -2.85. The van der Waals surface area contributed by atoms with Gasteiger partial charge in [0.05, 0.1) is 12.5 Å². The SMILES string of the molecule is O=C([O-])COc1ccccc1/C=C1/C(=O)NC(=O)N(Cc2ccccc2)C1=O. The van der Waals surface area contributed by atoms with Crippen molar-refractivity contribution in [2.24, 2.45) is 0 Å². The van der Waals surface area contributed by atoms with Crippen LogP contribution >= 0.6 is 0 Å². The molecule has 0 aromatic heterocycles. The topological polar surface area (TPSA) is 116 Å². The summed E-state index contributed by atoms with van der Waals surface area (Å²) in [4.78, 5) is 48.6. The number of nitrogens with zero attached hydrogens (tertiary/aromatic N) is 1. The maximum Gasteiger partial charge on any atom is 0.331 e. The predicted molar refractivity (Wildman–Crippen MR) is 95.5 cm³/mol. The number of carboxylic acids is 1. The largest absolute Gasteiger partial charge is 0.546 e. The zero-order valence-corrected chi connectivity index (χ0v) is 14.6. The van der Waals surface area contributed by atoms with Gasteiger partial charge in [0.15, 0.2) is 0 Å². The van der Waals surface area contributed by atoms with Gasteiger partial charge in [-0.1, -0.05) is 48.5 Å². The van der Waals surface area contributed by atoms with Crippen LogP contribution in [0.15, 0.2) is 60.2 Å². The Hall–Kier alpha value is -3.94. The fourth-order valence-corrected chi connectivity index (χ4v) is 2.63. The molecular formula is C20H15N2O6-. The average molecular weight is 379 g/mol. The summed E-state index contributed by atoms with van der Waals surface area (Å²) in [7, 11) is 0. The van der Waals surface area contributed by atoms with E-state index in [1.165, 1.54) is 12.1 Å². The number of carbonyl (C=O) groups excluding carboxylic acids is 4. The number of nitrogens with one attached hydrogen (secondary N) is 1. The Morgan fingerprint density at radius 2 is 1.71 bits per heavy atom. The fraction of sp³-hybridized carbons (Fsp3) is 0.100. The highest BCUT2D eigenvalue weighted by Crippen LogP contribution is 2.23. The van der Waals surface area contributed by atoms with Gasteiger partial charge in [-0.05, 0) is 17.7 Å². The quantitative estimate of drug-likeness (QED) is 0.576. The lowest BCUT2D eigenvalue weighted by Crippen LogP contribution is -2.53. The van der Waals surface area contributed by atoms with Gasteiger partial charge in [-0.2, -0.15) is 0 Å². The minimum atomic E-state index is -1.41. The van der Waals surface area contributed by atoms with Crippen molar-refractivity contribution in [1.29, 1.82) is 0 Å². The molecule has 8 nitrogen and oxygen atoms in total. The van der Waals surface area contributed by atoms with Gasteiger partial charge in [0.1, 0.15) is 17.9 Å². The number of carboxylic acid groups (broad SMARTS) is 1. The van der Waals surface area contributed by atoms with Crippen molar-refractivity contribution in [1.82, 2.24) is 10.2 Å². The van der Waals surface area contributed by atoms with Gasteiger partial charge in [-0.3, -0.25) is 19.8 Å². The first kappa shape index (κ1) is 18.8. The van der Waals surface area contributed by atoms with Crippen LogP contribution in [0, 0.1) is 0 Å². The summed E-state index contributed by atoms with van der Waals surface area (Å²) in [6.45, 7) is -0.683. The zero-order chi connectivity index (χ0) is 20.1. The van der Waals surface area contributed by atoms with Crippen molar-refractivity contribution >= 4 is 29.9 Å². The first-order valence-electron chi connectivity index (χ1n) is 8.30.